The minimum atomic E-state index is -4.31. The second kappa shape index (κ2) is 7.81. The highest BCUT2D eigenvalue weighted by Gasteiger charge is 2.47. The van der Waals surface area contributed by atoms with Gasteiger partial charge in [-0.25, -0.2) is 21.7 Å². The maximum Gasteiger partial charge on any atom is 0.227 e. The SMILES string of the molecule is Cc1ccc([C@@](C)(N[S@](=O)C(C)(C)C)[C@@H](F)S(=O)(=O)c2ccccc2)cc1. The van der Waals surface area contributed by atoms with Gasteiger partial charge in [0.05, 0.1) is 26.2 Å². The molecule has 0 unspecified atom stereocenters. The number of halogens is 1. The van der Waals surface area contributed by atoms with Gasteiger partial charge in [-0.15, -0.1) is 0 Å². The Kier molecular flexibility index (Phi) is 6.29. The van der Waals surface area contributed by atoms with Crippen molar-refractivity contribution in [1.29, 1.82) is 0 Å². The van der Waals surface area contributed by atoms with Gasteiger partial charge in [0.25, 0.3) is 0 Å². The minimum Gasteiger partial charge on any atom is -0.242 e. The van der Waals surface area contributed by atoms with Gasteiger partial charge < -0.3 is 0 Å². The molecule has 0 heterocycles. The predicted octanol–water partition coefficient (Wildman–Crippen LogP) is 4.03. The second-order valence-electron chi connectivity index (χ2n) is 7.73. The van der Waals surface area contributed by atoms with Crippen LogP contribution in [-0.4, -0.2) is 22.9 Å². The van der Waals surface area contributed by atoms with E-state index in [4.69, 9.17) is 0 Å². The van der Waals surface area contributed by atoms with E-state index in [0.29, 0.717) is 5.56 Å². The van der Waals surface area contributed by atoms with Gasteiger partial charge >= 0.3 is 0 Å². The third-order valence-electron chi connectivity index (χ3n) is 4.31. The van der Waals surface area contributed by atoms with Crippen molar-refractivity contribution in [1.82, 2.24) is 4.72 Å². The first kappa shape index (κ1) is 21.7. The highest BCUT2D eigenvalue weighted by Crippen LogP contribution is 2.35. The lowest BCUT2D eigenvalue weighted by Crippen LogP contribution is -2.54. The molecule has 2 aromatic carbocycles. The maximum absolute atomic E-state index is 15.7. The molecule has 0 aliphatic heterocycles. The van der Waals surface area contributed by atoms with E-state index in [2.05, 4.69) is 4.72 Å². The van der Waals surface area contributed by atoms with Crippen LogP contribution in [0.5, 0.6) is 0 Å². The lowest BCUT2D eigenvalue weighted by atomic mass is 9.94. The van der Waals surface area contributed by atoms with Gasteiger partial charge in [-0.1, -0.05) is 48.0 Å². The molecule has 2 rings (SSSR count). The predicted molar refractivity (Wildman–Crippen MR) is 108 cm³/mol. The molecule has 7 heteroatoms. The molecule has 0 saturated heterocycles. The van der Waals surface area contributed by atoms with E-state index in [1.807, 2.05) is 6.92 Å². The summed E-state index contributed by atoms with van der Waals surface area (Å²) in [5.74, 6) is 0. The molecule has 0 aliphatic carbocycles. The molecular weight excluding hydrogens is 385 g/mol. The van der Waals surface area contributed by atoms with Crippen LogP contribution in [-0.2, 0) is 26.4 Å². The molecule has 1 N–H and O–H groups in total. The Labute approximate surface area is 163 Å². The Hall–Kier alpha value is -1.57. The number of nitrogens with one attached hydrogen (secondary N) is 1. The monoisotopic (exact) mass is 411 g/mol. The fraction of sp³-hybridized carbons (Fsp3) is 0.400. The first-order valence-electron chi connectivity index (χ1n) is 8.59. The molecule has 0 fully saturated rings. The number of aryl methyl sites for hydroxylation is 1. The summed E-state index contributed by atoms with van der Waals surface area (Å²) < 4.78 is 56.3. The van der Waals surface area contributed by atoms with Crippen LogP contribution >= 0.6 is 0 Å². The van der Waals surface area contributed by atoms with Crippen LogP contribution in [0.3, 0.4) is 0 Å². The van der Waals surface area contributed by atoms with Crippen molar-refractivity contribution in [2.45, 2.75) is 55.3 Å². The molecule has 2 aromatic rings. The van der Waals surface area contributed by atoms with Crippen LogP contribution in [0.4, 0.5) is 4.39 Å². The number of hydrogen-bond donors (Lipinski definition) is 1. The van der Waals surface area contributed by atoms with Crippen molar-refractivity contribution < 1.29 is 17.0 Å². The van der Waals surface area contributed by atoms with Gasteiger partial charge in [0.2, 0.25) is 15.3 Å². The van der Waals surface area contributed by atoms with Gasteiger partial charge in [0.15, 0.2) is 0 Å². The van der Waals surface area contributed by atoms with E-state index >= 15 is 4.39 Å². The average Bonchev–Trinajstić information content (AvgIpc) is 2.61. The van der Waals surface area contributed by atoms with Gasteiger partial charge in [-0.3, -0.25) is 0 Å². The Morgan fingerprint density at radius 3 is 1.96 bits per heavy atom. The number of sulfone groups is 1. The highest BCUT2D eigenvalue weighted by molar-refractivity contribution is 7.92. The number of benzene rings is 2. The van der Waals surface area contributed by atoms with E-state index in [1.54, 1.807) is 63.2 Å². The molecule has 0 spiro atoms. The first-order valence-corrected chi connectivity index (χ1v) is 11.3. The fourth-order valence-corrected chi connectivity index (χ4v) is 5.10. The Morgan fingerprint density at radius 2 is 1.48 bits per heavy atom. The van der Waals surface area contributed by atoms with Crippen LogP contribution in [0.2, 0.25) is 0 Å². The summed E-state index contributed by atoms with van der Waals surface area (Å²) in [6, 6.07) is 14.3. The van der Waals surface area contributed by atoms with Gasteiger partial charge in [-0.2, -0.15) is 0 Å². The second-order valence-corrected chi connectivity index (χ2v) is 11.7. The minimum absolute atomic E-state index is 0.112. The van der Waals surface area contributed by atoms with E-state index in [1.165, 1.54) is 19.1 Å². The van der Waals surface area contributed by atoms with Crippen LogP contribution < -0.4 is 4.72 Å². The molecule has 0 amide bonds. The molecule has 0 aromatic heterocycles. The fourth-order valence-electron chi connectivity index (χ4n) is 2.52. The molecule has 0 aliphatic rings. The van der Waals surface area contributed by atoms with Crippen LogP contribution in [0.15, 0.2) is 59.5 Å². The molecule has 3 atom stereocenters. The zero-order valence-corrected chi connectivity index (χ0v) is 17.8. The van der Waals surface area contributed by atoms with Crippen molar-refractivity contribution in [3.63, 3.8) is 0 Å². The van der Waals surface area contributed by atoms with Crippen molar-refractivity contribution in [2.24, 2.45) is 0 Å². The van der Waals surface area contributed by atoms with E-state index in [9.17, 15) is 12.6 Å². The summed E-state index contributed by atoms with van der Waals surface area (Å²) in [6.07, 6.45) is 0. The summed E-state index contributed by atoms with van der Waals surface area (Å²) in [5.41, 5.74) is -2.65. The third kappa shape index (κ3) is 4.65. The molecule has 0 saturated carbocycles. The van der Waals surface area contributed by atoms with Gasteiger partial charge in [0.1, 0.15) is 0 Å². The topological polar surface area (TPSA) is 63.2 Å². The average molecular weight is 412 g/mol. The lowest BCUT2D eigenvalue weighted by Gasteiger charge is -2.36. The quantitative estimate of drug-likeness (QED) is 0.781. The first-order chi connectivity index (χ1) is 12.4. The highest BCUT2D eigenvalue weighted by atomic mass is 32.2. The summed E-state index contributed by atoms with van der Waals surface area (Å²) in [4.78, 5) is -0.112. The largest absolute Gasteiger partial charge is 0.242 e. The molecule has 148 valence electrons. The number of rotatable bonds is 6. The summed E-state index contributed by atoms with van der Waals surface area (Å²) in [7, 11) is -5.99. The lowest BCUT2D eigenvalue weighted by molar-refractivity contribution is 0.261. The molecule has 0 bridgehead atoms. The number of hydrogen-bond acceptors (Lipinski definition) is 3. The Bertz CT molecular complexity index is 906. The van der Waals surface area contributed by atoms with Crippen LogP contribution in [0, 0.1) is 6.92 Å². The van der Waals surface area contributed by atoms with E-state index < -0.39 is 36.6 Å². The Morgan fingerprint density at radius 1 is 0.963 bits per heavy atom. The standard InChI is InChI=1S/C20H26FNO3S2/c1-15-11-13-16(14-12-15)20(5,22-26(23)19(2,3)4)18(21)27(24,25)17-9-7-6-8-10-17/h6-14,18,22H,1-5H3/t18-,20+,26+/m0/s1. The third-order valence-corrected chi connectivity index (χ3v) is 7.98. The van der Waals surface area contributed by atoms with Crippen LogP contribution in [0.1, 0.15) is 38.8 Å². The van der Waals surface area contributed by atoms with Crippen LogP contribution in [0.25, 0.3) is 0 Å². The van der Waals surface area contributed by atoms with Crippen molar-refractivity contribution in [3.05, 3.63) is 65.7 Å². The van der Waals surface area contributed by atoms with E-state index in [0.717, 1.165) is 5.56 Å². The summed E-state index contributed by atoms with van der Waals surface area (Å²) in [5, 5.41) is 0. The zero-order valence-electron chi connectivity index (χ0n) is 16.2. The Balaban J connectivity index is 2.58. The molecular formula is C20H26FNO3S2. The summed E-state index contributed by atoms with van der Waals surface area (Å²) >= 11 is 0. The summed E-state index contributed by atoms with van der Waals surface area (Å²) in [6.45, 7) is 8.54. The normalized spacial score (nSPS) is 17.1. The molecule has 0 radical (unpaired) electrons. The van der Waals surface area contributed by atoms with Crippen molar-refractivity contribution >= 4 is 20.8 Å². The molecule has 27 heavy (non-hydrogen) atoms. The number of alkyl halides is 1. The van der Waals surface area contributed by atoms with Crippen molar-refractivity contribution in [2.75, 3.05) is 0 Å². The molecule has 4 nitrogen and oxygen atoms in total. The van der Waals surface area contributed by atoms with Gasteiger partial charge in [-0.05, 0) is 52.3 Å². The van der Waals surface area contributed by atoms with Crippen molar-refractivity contribution in [3.8, 4) is 0 Å². The van der Waals surface area contributed by atoms with E-state index in [-0.39, 0.29) is 4.90 Å². The smallest absolute Gasteiger partial charge is 0.227 e. The zero-order chi connectivity index (χ0) is 20.5. The maximum atomic E-state index is 15.7. The van der Waals surface area contributed by atoms with Gasteiger partial charge in [0, 0.05) is 0 Å².